The van der Waals surface area contributed by atoms with E-state index in [-0.39, 0.29) is 16.3 Å². The van der Waals surface area contributed by atoms with Gasteiger partial charge < -0.3 is 14.4 Å². The number of benzene rings is 1. The van der Waals surface area contributed by atoms with E-state index in [1.54, 1.807) is 7.11 Å². The summed E-state index contributed by atoms with van der Waals surface area (Å²) < 4.78 is 6.54. The van der Waals surface area contributed by atoms with Crippen molar-refractivity contribution in [2.24, 2.45) is 0 Å². The van der Waals surface area contributed by atoms with Gasteiger partial charge in [0.25, 0.3) is 5.56 Å². The van der Waals surface area contributed by atoms with Crippen molar-refractivity contribution < 1.29 is 9.84 Å². The molecule has 0 unspecified atom stereocenters. The second kappa shape index (κ2) is 5.14. The van der Waals surface area contributed by atoms with Crippen molar-refractivity contribution in [3.8, 4) is 11.5 Å². The second-order valence-corrected chi connectivity index (χ2v) is 4.23. The van der Waals surface area contributed by atoms with E-state index in [1.807, 2.05) is 24.3 Å². The van der Waals surface area contributed by atoms with Crippen LogP contribution < -0.4 is 10.3 Å². The van der Waals surface area contributed by atoms with Crippen LogP contribution in [0.2, 0.25) is 5.02 Å². The lowest BCUT2D eigenvalue weighted by Crippen LogP contribution is -2.18. The molecule has 1 N–H and O–H groups in total. The number of pyridine rings is 1. The summed E-state index contributed by atoms with van der Waals surface area (Å²) in [7, 11) is 1.59. The molecular weight excluding hydrogens is 254 g/mol. The second-order valence-electron chi connectivity index (χ2n) is 3.82. The number of aromatic nitrogens is 1. The molecule has 2 aromatic rings. The molecule has 18 heavy (non-hydrogen) atoms. The molecule has 5 heteroatoms. The predicted octanol–water partition coefficient (Wildman–Crippen LogP) is 2.26. The van der Waals surface area contributed by atoms with Gasteiger partial charge in [0.2, 0.25) is 0 Å². The van der Waals surface area contributed by atoms with Gasteiger partial charge in [-0.1, -0.05) is 23.7 Å². The summed E-state index contributed by atoms with van der Waals surface area (Å²) in [5.41, 5.74) is 0.609. The molecular formula is C13H12ClNO3. The average Bonchev–Trinajstić information content (AvgIpc) is 2.36. The van der Waals surface area contributed by atoms with Gasteiger partial charge in [-0.25, -0.2) is 0 Å². The van der Waals surface area contributed by atoms with Crippen LogP contribution in [-0.4, -0.2) is 16.8 Å². The largest absolute Gasteiger partial charge is 0.506 e. The standard InChI is InChI=1S/C13H12ClNO3/c1-18-10-4-2-3-9(5-10)7-15-8-11(14)12(16)6-13(15)17/h2-6,8,16H,7H2,1H3. The van der Waals surface area contributed by atoms with Gasteiger partial charge in [-0.2, -0.15) is 0 Å². The summed E-state index contributed by atoms with van der Waals surface area (Å²) in [6.07, 6.45) is 1.42. The molecule has 1 aromatic heterocycles. The fraction of sp³-hybridized carbons (Fsp3) is 0.154. The topological polar surface area (TPSA) is 51.5 Å². The summed E-state index contributed by atoms with van der Waals surface area (Å²) in [4.78, 5) is 11.7. The summed E-state index contributed by atoms with van der Waals surface area (Å²) in [6, 6.07) is 8.50. The Morgan fingerprint density at radius 2 is 2.17 bits per heavy atom. The van der Waals surface area contributed by atoms with E-state index < -0.39 is 0 Å². The van der Waals surface area contributed by atoms with E-state index in [2.05, 4.69) is 0 Å². The third kappa shape index (κ3) is 2.65. The van der Waals surface area contributed by atoms with Crippen LogP contribution >= 0.6 is 11.6 Å². The Balaban J connectivity index is 2.34. The van der Waals surface area contributed by atoms with Crippen LogP contribution in [0.1, 0.15) is 5.56 Å². The third-order valence-corrected chi connectivity index (χ3v) is 2.84. The minimum Gasteiger partial charge on any atom is -0.506 e. The Morgan fingerprint density at radius 3 is 2.89 bits per heavy atom. The quantitative estimate of drug-likeness (QED) is 0.926. The molecule has 4 nitrogen and oxygen atoms in total. The maximum atomic E-state index is 11.7. The smallest absolute Gasteiger partial charge is 0.254 e. The lowest BCUT2D eigenvalue weighted by atomic mass is 10.2. The zero-order valence-electron chi connectivity index (χ0n) is 9.76. The van der Waals surface area contributed by atoms with Crippen molar-refractivity contribution in [2.75, 3.05) is 7.11 Å². The number of hydrogen-bond donors (Lipinski definition) is 1. The summed E-state index contributed by atoms with van der Waals surface area (Å²) in [5.74, 6) is 0.522. The summed E-state index contributed by atoms with van der Waals surface area (Å²) >= 11 is 5.78. The number of methoxy groups -OCH3 is 1. The van der Waals surface area contributed by atoms with Crippen molar-refractivity contribution in [2.45, 2.75) is 6.54 Å². The van der Waals surface area contributed by atoms with Crippen LogP contribution in [0.3, 0.4) is 0 Å². The molecule has 1 aromatic carbocycles. The third-order valence-electron chi connectivity index (χ3n) is 2.54. The summed E-state index contributed by atoms with van der Waals surface area (Å²) in [5, 5.41) is 9.46. The lowest BCUT2D eigenvalue weighted by molar-refractivity contribution is 0.414. The first-order valence-corrected chi connectivity index (χ1v) is 5.70. The van der Waals surface area contributed by atoms with Crippen LogP contribution in [-0.2, 0) is 6.54 Å². The van der Waals surface area contributed by atoms with E-state index in [0.717, 1.165) is 17.4 Å². The Kier molecular flexibility index (Phi) is 3.58. The minimum atomic E-state index is -0.306. The van der Waals surface area contributed by atoms with E-state index in [1.165, 1.54) is 10.8 Å². The first kappa shape index (κ1) is 12.5. The molecule has 0 aliphatic heterocycles. The monoisotopic (exact) mass is 265 g/mol. The Morgan fingerprint density at radius 1 is 1.39 bits per heavy atom. The first-order valence-electron chi connectivity index (χ1n) is 5.32. The normalized spacial score (nSPS) is 10.3. The number of nitrogens with zero attached hydrogens (tertiary/aromatic N) is 1. The Bertz CT molecular complexity index is 622. The fourth-order valence-electron chi connectivity index (χ4n) is 1.63. The van der Waals surface area contributed by atoms with Gasteiger partial charge in [0.15, 0.2) is 0 Å². The van der Waals surface area contributed by atoms with Gasteiger partial charge in [-0.05, 0) is 17.7 Å². The predicted molar refractivity (Wildman–Crippen MR) is 69.5 cm³/mol. The highest BCUT2D eigenvalue weighted by atomic mass is 35.5. The minimum absolute atomic E-state index is 0.150. The molecule has 0 amide bonds. The molecule has 0 aliphatic carbocycles. The van der Waals surface area contributed by atoms with E-state index in [0.29, 0.717) is 6.54 Å². The molecule has 0 radical (unpaired) electrons. The maximum absolute atomic E-state index is 11.7. The highest BCUT2D eigenvalue weighted by molar-refractivity contribution is 6.31. The van der Waals surface area contributed by atoms with Crippen molar-refractivity contribution in [1.29, 1.82) is 0 Å². The molecule has 2 rings (SSSR count). The SMILES string of the molecule is COc1cccc(Cn2cc(Cl)c(O)cc2=O)c1. The van der Waals surface area contributed by atoms with Gasteiger partial charge in [0.1, 0.15) is 11.5 Å². The van der Waals surface area contributed by atoms with Crippen molar-refractivity contribution in [3.05, 3.63) is 57.5 Å². The van der Waals surface area contributed by atoms with Crippen LogP contribution in [0.15, 0.2) is 41.3 Å². The number of rotatable bonds is 3. The van der Waals surface area contributed by atoms with Gasteiger partial charge >= 0.3 is 0 Å². The number of halogens is 1. The van der Waals surface area contributed by atoms with Crippen molar-refractivity contribution >= 4 is 11.6 Å². The van der Waals surface area contributed by atoms with Crippen LogP contribution in [0.4, 0.5) is 0 Å². The fourth-order valence-corrected chi connectivity index (χ4v) is 1.80. The van der Waals surface area contributed by atoms with E-state index in [9.17, 15) is 9.90 Å². The molecule has 1 heterocycles. The number of ether oxygens (including phenoxy) is 1. The molecule has 94 valence electrons. The molecule has 0 saturated heterocycles. The summed E-state index contributed by atoms with van der Waals surface area (Å²) in [6.45, 7) is 0.371. The molecule has 0 spiro atoms. The lowest BCUT2D eigenvalue weighted by Gasteiger charge is -2.08. The van der Waals surface area contributed by atoms with Crippen molar-refractivity contribution in [1.82, 2.24) is 4.57 Å². The van der Waals surface area contributed by atoms with Gasteiger partial charge in [0.05, 0.1) is 18.7 Å². The van der Waals surface area contributed by atoms with E-state index >= 15 is 0 Å². The maximum Gasteiger partial charge on any atom is 0.254 e. The molecule has 0 atom stereocenters. The first-order chi connectivity index (χ1) is 8.60. The number of aromatic hydroxyl groups is 1. The highest BCUT2D eigenvalue weighted by Crippen LogP contribution is 2.20. The van der Waals surface area contributed by atoms with Gasteiger partial charge in [-0.3, -0.25) is 4.79 Å². The molecule has 0 aliphatic rings. The molecule has 0 fully saturated rings. The van der Waals surface area contributed by atoms with Crippen LogP contribution in [0.5, 0.6) is 11.5 Å². The van der Waals surface area contributed by atoms with Crippen LogP contribution in [0.25, 0.3) is 0 Å². The highest BCUT2D eigenvalue weighted by Gasteiger charge is 2.04. The molecule has 0 saturated carbocycles. The average molecular weight is 266 g/mol. The number of hydrogen-bond acceptors (Lipinski definition) is 3. The van der Waals surface area contributed by atoms with Gasteiger partial charge in [-0.15, -0.1) is 0 Å². The molecule has 0 bridgehead atoms. The Labute approximate surface area is 109 Å². The zero-order chi connectivity index (χ0) is 13.1. The van der Waals surface area contributed by atoms with E-state index in [4.69, 9.17) is 16.3 Å². The van der Waals surface area contributed by atoms with Gasteiger partial charge in [0, 0.05) is 12.3 Å². The zero-order valence-corrected chi connectivity index (χ0v) is 10.5. The Hall–Kier alpha value is -1.94. The van der Waals surface area contributed by atoms with Crippen LogP contribution in [0, 0.1) is 0 Å². The van der Waals surface area contributed by atoms with Crippen molar-refractivity contribution in [3.63, 3.8) is 0 Å².